The van der Waals surface area contributed by atoms with Crippen LogP contribution in [0.3, 0.4) is 0 Å². The molecule has 1 aromatic carbocycles. The van der Waals surface area contributed by atoms with Gasteiger partial charge >= 0.3 is 0 Å². The van der Waals surface area contributed by atoms with Gasteiger partial charge in [0, 0.05) is 19.3 Å². The molecule has 154 valence electrons. The van der Waals surface area contributed by atoms with E-state index < -0.39 is 5.91 Å². The molecule has 1 saturated heterocycles. The molecular weight excluding hydrogens is 382 g/mol. The quantitative estimate of drug-likeness (QED) is 0.513. The van der Waals surface area contributed by atoms with Gasteiger partial charge in [-0.25, -0.2) is 10.4 Å². The topological polar surface area (TPSA) is 99.3 Å². The summed E-state index contributed by atoms with van der Waals surface area (Å²) >= 11 is 0. The fraction of sp³-hybridized carbons (Fsp3) is 0.273. The van der Waals surface area contributed by atoms with Crippen molar-refractivity contribution in [3.63, 3.8) is 0 Å². The van der Waals surface area contributed by atoms with E-state index in [1.54, 1.807) is 24.4 Å². The van der Waals surface area contributed by atoms with Crippen LogP contribution in [0.15, 0.2) is 52.5 Å². The first-order chi connectivity index (χ1) is 14.6. The van der Waals surface area contributed by atoms with E-state index in [9.17, 15) is 14.7 Å². The van der Waals surface area contributed by atoms with Crippen molar-refractivity contribution in [3.8, 4) is 5.75 Å². The first-order valence-electron chi connectivity index (χ1n) is 9.94. The molecule has 30 heavy (non-hydrogen) atoms. The first kappa shape index (κ1) is 19.6. The maximum atomic E-state index is 13.2. The predicted octanol–water partition coefficient (Wildman–Crippen LogP) is 2.46. The summed E-state index contributed by atoms with van der Waals surface area (Å²) in [5.41, 5.74) is 4.08. The van der Waals surface area contributed by atoms with Crippen LogP contribution in [0, 0.1) is 6.92 Å². The van der Waals surface area contributed by atoms with E-state index >= 15 is 0 Å². The fourth-order valence-corrected chi connectivity index (χ4v) is 3.64. The number of para-hydroxylation sites is 1. The molecule has 3 aromatic rings. The molecule has 0 atom stereocenters. The lowest BCUT2D eigenvalue weighted by Gasteiger charge is -2.29. The number of phenols is 1. The van der Waals surface area contributed by atoms with Crippen LogP contribution in [0.1, 0.15) is 40.7 Å². The molecule has 0 saturated carbocycles. The molecule has 1 aliphatic rings. The monoisotopic (exact) mass is 405 g/mol. The number of aryl methyl sites for hydroxylation is 1. The highest BCUT2D eigenvalue weighted by atomic mass is 16.3. The van der Waals surface area contributed by atoms with Crippen molar-refractivity contribution in [2.75, 3.05) is 18.0 Å². The van der Waals surface area contributed by atoms with Gasteiger partial charge < -0.3 is 10.0 Å². The molecule has 1 amide bonds. The van der Waals surface area contributed by atoms with Gasteiger partial charge in [-0.1, -0.05) is 18.2 Å². The van der Waals surface area contributed by atoms with Crippen molar-refractivity contribution in [2.24, 2.45) is 5.10 Å². The number of phenolic OH excluding ortho intramolecular Hbond substituents is 1. The summed E-state index contributed by atoms with van der Waals surface area (Å²) in [4.78, 5) is 32.4. The number of fused-ring (bicyclic) bond motifs is 1. The highest BCUT2D eigenvalue weighted by Gasteiger charge is 2.20. The molecule has 0 unspecified atom stereocenters. The molecule has 0 radical (unpaired) electrons. The second kappa shape index (κ2) is 8.36. The zero-order valence-corrected chi connectivity index (χ0v) is 16.7. The number of nitrogens with zero attached hydrogens (tertiary/aromatic N) is 4. The van der Waals surface area contributed by atoms with E-state index in [2.05, 4.69) is 15.4 Å². The summed E-state index contributed by atoms with van der Waals surface area (Å²) in [6, 6.07) is 9.91. The zero-order valence-electron chi connectivity index (χ0n) is 16.7. The molecule has 1 fully saturated rings. The van der Waals surface area contributed by atoms with E-state index in [1.807, 2.05) is 13.0 Å². The maximum absolute atomic E-state index is 13.2. The number of hydrogen-bond donors (Lipinski definition) is 2. The summed E-state index contributed by atoms with van der Waals surface area (Å²) in [5.74, 6) is -0.120. The van der Waals surface area contributed by atoms with Crippen LogP contribution in [-0.4, -0.2) is 39.7 Å². The van der Waals surface area contributed by atoms with E-state index in [-0.39, 0.29) is 16.9 Å². The molecule has 2 N–H and O–H groups in total. The van der Waals surface area contributed by atoms with Gasteiger partial charge in [-0.2, -0.15) is 5.10 Å². The molecule has 8 heteroatoms. The predicted molar refractivity (Wildman–Crippen MR) is 115 cm³/mol. The fourth-order valence-electron chi connectivity index (χ4n) is 3.64. The number of amides is 1. The standard InChI is InChI=1S/C22H23N5O3/c1-15-8-7-13-27-19(15)24-20(26-11-5-2-6-12-26)17(22(27)30)14-23-25-21(29)16-9-3-4-10-18(16)28/h3-4,7-10,13-14,28H,2,5-6,11-12H2,1H3,(H,25,29). The zero-order chi connectivity index (χ0) is 21.1. The molecule has 1 aliphatic heterocycles. The number of hydrogen-bond acceptors (Lipinski definition) is 6. The van der Waals surface area contributed by atoms with Crippen LogP contribution in [0.4, 0.5) is 5.82 Å². The normalized spacial score (nSPS) is 14.4. The number of rotatable bonds is 4. The summed E-state index contributed by atoms with van der Waals surface area (Å²) in [6.07, 6.45) is 6.24. The number of benzene rings is 1. The lowest BCUT2D eigenvalue weighted by Crippen LogP contribution is -2.34. The highest BCUT2D eigenvalue weighted by molar-refractivity contribution is 5.97. The minimum absolute atomic E-state index is 0.106. The Balaban J connectivity index is 1.72. The maximum Gasteiger partial charge on any atom is 0.275 e. The molecule has 2 aromatic heterocycles. The smallest absolute Gasteiger partial charge is 0.275 e. The van der Waals surface area contributed by atoms with E-state index in [4.69, 9.17) is 4.98 Å². The Kier molecular flexibility index (Phi) is 5.47. The Morgan fingerprint density at radius 2 is 1.93 bits per heavy atom. The molecule has 0 aliphatic carbocycles. The van der Waals surface area contributed by atoms with Crippen LogP contribution in [0.2, 0.25) is 0 Å². The van der Waals surface area contributed by atoms with Gasteiger partial charge in [-0.15, -0.1) is 0 Å². The number of carbonyl (C=O) groups excluding carboxylic acids is 1. The Morgan fingerprint density at radius 3 is 2.70 bits per heavy atom. The lowest BCUT2D eigenvalue weighted by molar-refractivity contribution is 0.0952. The number of carbonyl (C=O) groups is 1. The minimum Gasteiger partial charge on any atom is -0.507 e. The third-order valence-electron chi connectivity index (χ3n) is 5.23. The molecule has 3 heterocycles. The van der Waals surface area contributed by atoms with Crippen molar-refractivity contribution in [3.05, 3.63) is 69.6 Å². The average Bonchev–Trinajstić information content (AvgIpc) is 2.76. The third kappa shape index (κ3) is 3.76. The Morgan fingerprint density at radius 1 is 1.17 bits per heavy atom. The van der Waals surface area contributed by atoms with Crippen molar-refractivity contribution in [1.82, 2.24) is 14.8 Å². The van der Waals surface area contributed by atoms with Crippen LogP contribution in [-0.2, 0) is 0 Å². The Bertz CT molecular complexity index is 1180. The number of anilines is 1. The average molecular weight is 405 g/mol. The van der Waals surface area contributed by atoms with Crippen LogP contribution >= 0.6 is 0 Å². The van der Waals surface area contributed by atoms with Crippen molar-refractivity contribution in [2.45, 2.75) is 26.2 Å². The van der Waals surface area contributed by atoms with E-state index in [1.165, 1.54) is 22.7 Å². The van der Waals surface area contributed by atoms with Gasteiger partial charge in [0.15, 0.2) is 0 Å². The van der Waals surface area contributed by atoms with Gasteiger partial charge in [-0.05, 0) is 49.9 Å². The van der Waals surface area contributed by atoms with E-state index in [0.717, 1.165) is 37.9 Å². The van der Waals surface area contributed by atoms with Gasteiger partial charge in [-0.3, -0.25) is 14.0 Å². The molecule has 4 rings (SSSR count). The largest absolute Gasteiger partial charge is 0.507 e. The summed E-state index contributed by atoms with van der Waals surface area (Å²) < 4.78 is 1.50. The van der Waals surface area contributed by atoms with E-state index in [0.29, 0.717) is 17.0 Å². The number of aromatic nitrogens is 2. The van der Waals surface area contributed by atoms with Crippen LogP contribution in [0.5, 0.6) is 5.75 Å². The first-order valence-corrected chi connectivity index (χ1v) is 9.94. The molecule has 0 spiro atoms. The van der Waals surface area contributed by atoms with Gasteiger partial charge in [0.25, 0.3) is 11.5 Å². The van der Waals surface area contributed by atoms with Gasteiger partial charge in [0.05, 0.1) is 11.8 Å². The highest BCUT2D eigenvalue weighted by Crippen LogP contribution is 2.21. The van der Waals surface area contributed by atoms with Gasteiger partial charge in [0.2, 0.25) is 0 Å². The van der Waals surface area contributed by atoms with Crippen molar-refractivity contribution < 1.29 is 9.90 Å². The summed E-state index contributed by atoms with van der Waals surface area (Å²) in [5, 5.41) is 13.8. The summed E-state index contributed by atoms with van der Waals surface area (Å²) in [6.45, 7) is 3.56. The lowest BCUT2D eigenvalue weighted by atomic mass is 10.1. The number of pyridine rings is 1. The number of nitrogens with one attached hydrogen (secondary N) is 1. The van der Waals surface area contributed by atoms with Gasteiger partial charge in [0.1, 0.15) is 22.8 Å². The molecule has 0 bridgehead atoms. The summed E-state index contributed by atoms with van der Waals surface area (Å²) in [7, 11) is 0. The van der Waals surface area contributed by atoms with Crippen molar-refractivity contribution in [1.29, 1.82) is 0 Å². The molecule has 8 nitrogen and oxygen atoms in total. The number of piperidine rings is 1. The third-order valence-corrected chi connectivity index (χ3v) is 5.23. The van der Waals surface area contributed by atoms with Crippen LogP contribution in [0.25, 0.3) is 5.65 Å². The molecular formula is C22H23N5O3. The second-order valence-corrected chi connectivity index (χ2v) is 7.30. The second-order valence-electron chi connectivity index (χ2n) is 7.30. The van der Waals surface area contributed by atoms with Crippen LogP contribution < -0.4 is 15.9 Å². The Hall–Kier alpha value is -3.68. The number of hydrazone groups is 1. The van der Waals surface area contributed by atoms with Crippen molar-refractivity contribution >= 4 is 23.6 Å². The SMILES string of the molecule is Cc1cccn2c(=O)c(C=NNC(=O)c3ccccc3O)c(N3CCCCC3)nc12. The minimum atomic E-state index is -0.562. The Labute approximate surface area is 173 Å². The number of aromatic hydroxyl groups is 1.